The van der Waals surface area contributed by atoms with Crippen molar-refractivity contribution in [2.75, 3.05) is 5.32 Å². The zero-order valence-electron chi connectivity index (χ0n) is 15.1. The van der Waals surface area contributed by atoms with Gasteiger partial charge in [-0.2, -0.15) is 5.26 Å². The van der Waals surface area contributed by atoms with Gasteiger partial charge in [-0.25, -0.2) is 4.98 Å². The van der Waals surface area contributed by atoms with Crippen molar-refractivity contribution < 1.29 is 0 Å². The normalized spacial score (nSPS) is 11.5. The molecule has 0 unspecified atom stereocenters. The predicted molar refractivity (Wildman–Crippen MR) is 113 cm³/mol. The van der Waals surface area contributed by atoms with Crippen LogP contribution in [0.2, 0.25) is 5.02 Å². The van der Waals surface area contributed by atoms with Crippen LogP contribution in [-0.4, -0.2) is 4.98 Å². The molecule has 0 bridgehead atoms. The summed E-state index contributed by atoms with van der Waals surface area (Å²) in [5.41, 5.74) is 1.07. The van der Waals surface area contributed by atoms with Crippen LogP contribution >= 0.6 is 11.6 Å². The smallest absolute Gasteiger partial charge is 0.130 e. The Kier molecular flexibility index (Phi) is 4.22. The Hall–Kier alpha value is -3.09. The maximum absolute atomic E-state index is 9.37. The third kappa shape index (κ3) is 3.32. The molecule has 0 amide bonds. The van der Waals surface area contributed by atoms with Gasteiger partial charge in [0.15, 0.2) is 0 Å². The van der Waals surface area contributed by atoms with Crippen LogP contribution < -0.4 is 5.32 Å². The first-order valence-corrected chi connectivity index (χ1v) is 9.12. The second-order valence-corrected chi connectivity index (χ2v) is 7.58. The molecule has 0 atom stereocenters. The molecular weight excluding hydrogens is 354 g/mol. The number of pyridine rings is 1. The van der Waals surface area contributed by atoms with Crippen molar-refractivity contribution in [2.45, 2.75) is 19.3 Å². The fraction of sp³-hybridized carbons (Fsp3) is 0.130. The second-order valence-electron chi connectivity index (χ2n) is 7.14. The molecule has 0 radical (unpaired) electrons. The first kappa shape index (κ1) is 17.3. The Morgan fingerprint density at radius 2 is 1.74 bits per heavy atom. The van der Waals surface area contributed by atoms with Crippen molar-refractivity contribution in [3.8, 4) is 6.07 Å². The van der Waals surface area contributed by atoms with E-state index < -0.39 is 5.41 Å². The summed E-state index contributed by atoms with van der Waals surface area (Å²) in [6.07, 6.45) is 0. The van der Waals surface area contributed by atoms with Gasteiger partial charge < -0.3 is 5.32 Å². The first-order valence-electron chi connectivity index (χ1n) is 8.74. The minimum absolute atomic E-state index is 0.636. The minimum Gasteiger partial charge on any atom is -0.340 e. The van der Waals surface area contributed by atoms with Crippen molar-refractivity contribution in [2.24, 2.45) is 0 Å². The molecule has 0 aliphatic heterocycles. The van der Waals surface area contributed by atoms with E-state index in [9.17, 15) is 5.26 Å². The number of fused-ring (bicyclic) bond motifs is 2. The molecule has 0 aliphatic carbocycles. The van der Waals surface area contributed by atoms with E-state index in [4.69, 9.17) is 11.6 Å². The summed E-state index contributed by atoms with van der Waals surface area (Å²) in [4.78, 5) is 4.64. The summed E-state index contributed by atoms with van der Waals surface area (Å²) in [6.45, 7) is 3.74. The number of benzene rings is 3. The van der Waals surface area contributed by atoms with Gasteiger partial charge in [0, 0.05) is 16.1 Å². The summed E-state index contributed by atoms with van der Waals surface area (Å²) in [7, 11) is 0. The monoisotopic (exact) mass is 371 g/mol. The fourth-order valence-corrected chi connectivity index (χ4v) is 3.33. The van der Waals surface area contributed by atoms with E-state index in [2.05, 4.69) is 34.6 Å². The summed E-state index contributed by atoms with van der Waals surface area (Å²) in [5.74, 6) is 0.717. The molecule has 1 aromatic heterocycles. The Morgan fingerprint density at radius 1 is 0.926 bits per heavy atom. The van der Waals surface area contributed by atoms with Gasteiger partial charge in [-0.3, -0.25) is 0 Å². The SMILES string of the molecule is CC(C)(C#N)c1cccc(Nc2cccc3cc4ccc(Cl)cc4cc23)n1. The van der Waals surface area contributed by atoms with Crippen LogP contribution in [0.15, 0.2) is 66.7 Å². The molecule has 0 saturated heterocycles. The van der Waals surface area contributed by atoms with Gasteiger partial charge in [-0.1, -0.05) is 35.9 Å². The average molecular weight is 372 g/mol. The van der Waals surface area contributed by atoms with E-state index >= 15 is 0 Å². The maximum Gasteiger partial charge on any atom is 0.130 e. The number of aromatic nitrogens is 1. The third-order valence-corrected chi connectivity index (χ3v) is 4.97. The lowest BCUT2D eigenvalue weighted by atomic mass is 9.91. The van der Waals surface area contributed by atoms with E-state index in [0.717, 1.165) is 43.8 Å². The molecule has 1 heterocycles. The number of nitrogens with zero attached hydrogens (tertiary/aromatic N) is 2. The van der Waals surface area contributed by atoms with Crippen molar-refractivity contribution >= 4 is 44.7 Å². The highest BCUT2D eigenvalue weighted by atomic mass is 35.5. The molecule has 1 N–H and O–H groups in total. The molecule has 0 spiro atoms. The van der Waals surface area contributed by atoms with E-state index in [0.29, 0.717) is 0 Å². The third-order valence-electron chi connectivity index (χ3n) is 4.73. The summed E-state index contributed by atoms with van der Waals surface area (Å²) in [5, 5.41) is 18.0. The Bertz CT molecular complexity index is 1210. The van der Waals surface area contributed by atoms with Gasteiger partial charge in [-0.05, 0) is 72.5 Å². The minimum atomic E-state index is -0.636. The van der Waals surface area contributed by atoms with Gasteiger partial charge in [0.1, 0.15) is 5.82 Å². The lowest BCUT2D eigenvalue weighted by molar-refractivity contribution is 0.661. The molecule has 4 aromatic rings. The summed E-state index contributed by atoms with van der Waals surface area (Å²) in [6, 6.07) is 24.4. The van der Waals surface area contributed by atoms with E-state index in [-0.39, 0.29) is 0 Å². The molecule has 27 heavy (non-hydrogen) atoms. The lowest BCUT2D eigenvalue weighted by Gasteiger charge is -2.16. The van der Waals surface area contributed by atoms with Crippen molar-refractivity contribution in [1.29, 1.82) is 5.26 Å². The number of hydrogen-bond donors (Lipinski definition) is 1. The van der Waals surface area contributed by atoms with Crippen LogP contribution in [0, 0.1) is 11.3 Å². The van der Waals surface area contributed by atoms with Crippen molar-refractivity contribution in [3.05, 3.63) is 77.4 Å². The highest BCUT2D eigenvalue weighted by Crippen LogP contribution is 2.31. The highest BCUT2D eigenvalue weighted by Gasteiger charge is 2.21. The van der Waals surface area contributed by atoms with Crippen LogP contribution in [0.1, 0.15) is 19.5 Å². The number of rotatable bonds is 3. The van der Waals surface area contributed by atoms with Crippen LogP contribution in [0.5, 0.6) is 0 Å². The Balaban J connectivity index is 1.81. The van der Waals surface area contributed by atoms with Gasteiger partial charge in [0.25, 0.3) is 0 Å². The van der Waals surface area contributed by atoms with Gasteiger partial charge in [-0.15, -0.1) is 0 Å². The predicted octanol–water partition coefficient (Wildman–Crippen LogP) is 6.59. The molecule has 132 valence electrons. The Labute approximate surface area is 163 Å². The van der Waals surface area contributed by atoms with Crippen LogP contribution in [-0.2, 0) is 5.41 Å². The Morgan fingerprint density at radius 3 is 2.56 bits per heavy atom. The standard InChI is InChI=1S/C23H18ClN3/c1-23(2,14-25)21-7-4-8-22(27-21)26-20-6-3-5-16-11-15-9-10-18(24)12-17(15)13-19(16)20/h3-13H,1-2H3,(H,26,27). The largest absolute Gasteiger partial charge is 0.340 e. The molecule has 0 fully saturated rings. The average Bonchev–Trinajstić information content (AvgIpc) is 2.67. The molecule has 3 nitrogen and oxygen atoms in total. The zero-order valence-corrected chi connectivity index (χ0v) is 15.9. The highest BCUT2D eigenvalue weighted by molar-refractivity contribution is 6.31. The number of nitrogens with one attached hydrogen (secondary N) is 1. The lowest BCUT2D eigenvalue weighted by Crippen LogP contribution is -2.16. The number of halogens is 1. The van der Waals surface area contributed by atoms with Gasteiger partial charge in [0.2, 0.25) is 0 Å². The molecule has 0 aliphatic rings. The number of anilines is 2. The van der Waals surface area contributed by atoms with Crippen molar-refractivity contribution in [1.82, 2.24) is 4.98 Å². The van der Waals surface area contributed by atoms with Crippen LogP contribution in [0.4, 0.5) is 11.5 Å². The summed E-state index contributed by atoms with van der Waals surface area (Å²) >= 11 is 6.16. The van der Waals surface area contributed by atoms with Crippen molar-refractivity contribution in [3.63, 3.8) is 0 Å². The van der Waals surface area contributed by atoms with E-state index in [1.54, 1.807) is 0 Å². The van der Waals surface area contributed by atoms with E-state index in [1.807, 2.05) is 62.4 Å². The number of hydrogen-bond acceptors (Lipinski definition) is 3. The molecular formula is C23H18ClN3. The molecule has 3 aromatic carbocycles. The maximum atomic E-state index is 9.37. The topological polar surface area (TPSA) is 48.7 Å². The van der Waals surface area contributed by atoms with Crippen LogP contribution in [0.25, 0.3) is 21.5 Å². The van der Waals surface area contributed by atoms with Gasteiger partial charge >= 0.3 is 0 Å². The quantitative estimate of drug-likeness (QED) is 0.413. The second kappa shape index (κ2) is 6.57. The van der Waals surface area contributed by atoms with Crippen LogP contribution in [0.3, 0.4) is 0 Å². The van der Waals surface area contributed by atoms with E-state index in [1.165, 1.54) is 0 Å². The zero-order chi connectivity index (χ0) is 19.0. The summed E-state index contributed by atoms with van der Waals surface area (Å²) < 4.78 is 0. The molecule has 4 heteroatoms. The fourth-order valence-electron chi connectivity index (χ4n) is 3.15. The molecule has 0 saturated carbocycles. The molecule has 4 rings (SSSR count). The first-order chi connectivity index (χ1) is 13.0. The number of nitriles is 1. The van der Waals surface area contributed by atoms with Gasteiger partial charge in [0.05, 0.1) is 17.2 Å².